The van der Waals surface area contributed by atoms with Crippen molar-refractivity contribution in [2.24, 2.45) is 0 Å². The zero-order chi connectivity index (χ0) is 19.3. The van der Waals surface area contributed by atoms with Crippen LogP contribution in [0.15, 0.2) is 55.0 Å². The van der Waals surface area contributed by atoms with Gasteiger partial charge in [0.15, 0.2) is 0 Å². The molecule has 3 heterocycles. The van der Waals surface area contributed by atoms with Gasteiger partial charge in [-0.3, -0.25) is 4.98 Å². The Kier molecular flexibility index (Phi) is 5.56. The highest BCUT2D eigenvalue weighted by Gasteiger charge is 2.33. The van der Waals surface area contributed by atoms with Crippen LogP contribution < -0.4 is 9.47 Å². The maximum atomic E-state index is 13.8. The van der Waals surface area contributed by atoms with E-state index in [1.807, 2.05) is 6.07 Å². The molecular formula is C19H17F2N3O3. The van der Waals surface area contributed by atoms with Crippen molar-refractivity contribution in [2.45, 2.75) is 5.92 Å². The first kappa shape index (κ1) is 18.7. The van der Waals surface area contributed by atoms with E-state index in [0.717, 1.165) is 0 Å². The van der Waals surface area contributed by atoms with Crippen molar-refractivity contribution in [1.82, 2.24) is 15.0 Å². The van der Waals surface area contributed by atoms with Gasteiger partial charge in [0.25, 0.3) is 0 Å². The molecule has 8 heteroatoms. The summed E-state index contributed by atoms with van der Waals surface area (Å²) in [6.07, 6.45) is 4.40. The largest absolute Gasteiger partial charge is 0.481 e. The second-order valence-electron chi connectivity index (χ2n) is 5.54. The van der Waals surface area contributed by atoms with E-state index in [2.05, 4.69) is 19.7 Å². The van der Waals surface area contributed by atoms with E-state index in [1.54, 1.807) is 30.6 Å². The van der Waals surface area contributed by atoms with E-state index in [1.165, 1.54) is 32.5 Å². The fraction of sp³-hybridized carbons (Fsp3) is 0.211. The van der Waals surface area contributed by atoms with Gasteiger partial charge in [0.05, 0.1) is 13.3 Å². The van der Waals surface area contributed by atoms with Crippen LogP contribution in [0.25, 0.3) is 11.1 Å². The molecule has 3 rings (SSSR count). The zero-order valence-electron chi connectivity index (χ0n) is 14.7. The lowest BCUT2D eigenvalue weighted by Gasteiger charge is -2.15. The summed E-state index contributed by atoms with van der Waals surface area (Å²) >= 11 is 0. The van der Waals surface area contributed by atoms with Crippen molar-refractivity contribution < 1.29 is 23.0 Å². The zero-order valence-corrected chi connectivity index (χ0v) is 14.7. The number of hydrogen-bond donors (Lipinski definition) is 0. The van der Waals surface area contributed by atoms with Gasteiger partial charge in [-0.25, -0.2) is 9.97 Å². The molecule has 0 fully saturated rings. The molecular weight excluding hydrogens is 356 g/mol. The standard InChI is InChI=1S/C19H17F2N3O3/c1-25-12-19(20,21)16-8-7-13(11-24-16)27-18-15(6-4-10-23-18)14-5-3-9-22-17(14)26-2/h3-11H,12H2,1-2H3. The van der Waals surface area contributed by atoms with Gasteiger partial charge in [0.1, 0.15) is 18.1 Å². The fourth-order valence-electron chi connectivity index (χ4n) is 2.46. The van der Waals surface area contributed by atoms with Crippen molar-refractivity contribution >= 4 is 0 Å². The first-order valence-electron chi connectivity index (χ1n) is 8.00. The molecule has 0 saturated heterocycles. The third kappa shape index (κ3) is 4.17. The molecule has 0 amide bonds. The van der Waals surface area contributed by atoms with Crippen molar-refractivity contribution in [2.75, 3.05) is 20.8 Å². The Morgan fingerprint density at radius 2 is 1.56 bits per heavy atom. The van der Waals surface area contributed by atoms with Crippen molar-refractivity contribution in [1.29, 1.82) is 0 Å². The maximum Gasteiger partial charge on any atom is 0.312 e. The molecule has 0 spiro atoms. The van der Waals surface area contributed by atoms with Crippen LogP contribution in [0, 0.1) is 0 Å². The van der Waals surface area contributed by atoms with Gasteiger partial charge in [-0.1, -0.05) is 0 Å². The van der Waals surface area contributed by atoms with Crippen LogP contribution in [0.5, 0.6) is 17.5 Å². The predicted octanol–water partition coefficient (Wildman–Crippen LogP) is 4.08. The van der Waals surface area contributed by atoms with E-state index in [0.29, 0.717) is 17.0 Å². The highest BCUT2D eigenvalue weighted by molar-refractivity contribution is 5.73. The van der Waals surface area contributed by atoms with E-state index >= 15 is 0 Å². The van der Waals surface area contributed by atoms with Crippen LogP contribution >= 0.6 is 0 Å². The molecule has 0 radical (unpaired) electrons. The number of alkyl halides is 2. The number of aromatic nitrogens is 3. The van der Waals surface area contributed by atoms with Crippen LogP contribution in [-0.4, -0.2) is 35.8 Å². The molecule has 140 valence electrons. The summed E-state index contributed by atoms with van der Waals surface area (Å²) in [5, 5.41) is 0. The van der Waals surface area contributed by atoms with E-state index in [-0.39, 0.29) is 11.6 Å². The lowest BCUT2D eigenvalue weighted by atomic mass is 10.1. The second kappa shape index (κ2) is 8.05. The molecule has 0 aliphatic rings. The molecule has 3 aromatic heterocycles. The quantitative estimate of drug-likeness (QED) is 0.622. The minimum absolute atomic E-state index is 0.273. The Labute approximate surface area is 154 Å². The third-order valence-electron chi connectivity index (χ3n) is 3.68. The molecule has 6 nitrogen and oxygen atoms in total. The number of methoxy groups -OCH3 is 2. The number of halogens is 2. The maximum absolute atomic E-state index is 13.8. The minimum Gasteiger partial charge on any atom is -0.481 e. The Hall–Kier alpha value is -3.13. The van der Waals surface area contributed by atoms with Crippen LogP contribution in [0.1, 0.15) is 5.69 Å². The van der Waals surface area contributed by atoms with Crippen LogP contribution in [-0.2, 0) is 10.7 Å². The third-order valence-corrected chi connectivity index (χ3v) is 3.68. The SMILES string of the molecule is COCC(F)(F)c1ccc(Oc2ncccc2-c2cccnc2OC)cn1. The Balaban J connectivity index is 1.89. The molecule has 3 aromatic rings. The number of pyridine rings is 3. The Morgan fingerprint density at radius 1 is 0.889 bits per heavy atom. The first-order chi connectivity index (χ1) is 13.0. The predicted molar refractivity (Wildman–Crippen MR) is 94.1 cm³/mol. The number of hydrogen-bond acceptors (Lipinski definition) is 6. The minimum atomic E-state index is -3.17. The molecule has 0 saturated carbocycles. The van der Waals surface area contributed by atoms with Crippen molar-refractivity contribution in [3.63, 3.8) is 0 Å². The summed E-state index contributed by atoms with van der Waals surface area (Å²) in [7, 11) is 2.73. The topological polar surface area (TPSA) is 66.4 Å². The summed E-state index contributed by atoms with van der Waals surface area (Å²) < 4.78 is 43.2. The van der Waals surface area contributed by atoms with E-state index in [4.69, 9.17) is 9.47 Å². The van der Waals surface area contributed by atoms with Crippen molar-refractivity contribution in [3.8, 4) is 28.6 Å². The summed E-state index contributed by atoms with van der Waals surface area (Å²) in [6.45, 7) is -0.745. The fourth-order valence-corrected chi connectivity index (χ4v) is 2.46. The lowest BCUT2D eigenvalue weighted by molar-refractivity contribution is -0.0731. The summed E-state index contributed by atoms with van der Waals surface area (Å²) in [5.74, 6) is -2.20. The van der Waals surface area contributed by atoms with Gasteiger partial charge in [-0.05, 0) is 36.4 Å². The highest BCUT2D eigenvalue weighted by Crippen LogP contribution is 2.36. The van der Waals surface area contributed by atoms with Gasteiger partial charge in [-0.2, -0.15) is 8.78 Å². The van der Waals surface area contributed by atoms with Gasteiger partial charge in [0.2, 0.25) is 11.8 Å². The van der Waals surface area contributed by atoms with Gasteiger partial charge in [0, 0.05) is 30.6 Å². The normalized spacial score (nSPS) is 11.3. The van der Waals surface area contributed by atoms with E-state index < -0.39 is 18.2 Å². The molecule has 0 aromatic carbocycles. The molecule has 0 unspecified atom stereocenters. The molecule has 0 atom stereocenters. The summed E-state index contributed by atoms with van der Waals surface area (Å²) in [4.78, 5) is 12.2. The summed E-state index contributed by atoms with van der Waals surface area (Å²) in [5.41, 5.74) is 0.947. The average Bonchev–Trinajstić information content (AvgIpc) is 2.69. The van der Waals surface area contributed by atoms with Crippen LogP contribution in [0.4, 0.5) is 8.78 Å². The Morgan fingerprint density at radius 3 is 2.15 bits per heavy atom. The van der Waals surface area contributed by atoms with Crippen LogP contribution in [0.3, 0.4) is 0 Å². The molecule has 0 bridgehead atoms. The lowest BCUT2D eigenvalue weighted by Crippen LogP contribution is -2.21. The highest BCUT2D eigenvalue weighted by atomic mass is 19.3. The number of nitrogens with zero attached hydrogens (tertiary/aromatic N) is 3. The second-order valence-corrected chi connectivity index (χ2v) is 5.54. The molecule has 0 aliphatic heterocycles. The monoisotopic (exact) mass is 373 g/mol. The van der Waals surface area contributed by atoms with Crippen molar-refractivity contribution in [3.05, 3.63) is 60.7 Å². The number of ether oxygens (including phenoxy) is 3. The first-order valence-corrected chi connectivity index (χ1v) is 8.00. The van der Waals surface area contributed by atoms with Gasteiger partial charge >= 0.3 is 5.92 Å². The molecule has 0 aliphatic carbocycles. The average molecular weight is 373 g/mol. The number of rotatable bonds is 7. The molecule has 27 heavy (non-hydrogen) atoms. The van der Waals surface area contributed by atoms with Crippen LogP contribution in [0.2, 0.25) is 0 Å². The molecule has 0 N–H and O–H groups in total. The Bertz CT molecular complexity index is 905. The summed E-state index contributed by atoms with van der Waals surface area (Å²) in [6, 6.07) is 9.75. The van der Waals surface area contributed by atoms with Gasteiger partial charge < -0.3 is 14.2 Å². The van der Waals surface area contributed by atoms with Gasteiger partial charge in [-0.15, -0.1) is 0 Å². The smallest absolute Gasteiger partial charge is 0.312 e. The van der Waals surface area contributed by atoms with E-state index in [9.17, 15) is 8.78 Å².